The van der Waals surface area contributed by atoms with Crippen LogP contribution in [-0.2, 0) is 4.79 Å². The van der Waals surface area contributed by atoms with Gasteiger partial charge < -0.3 is 20.0 Å². The number of rotatable bonds is 7. The lowest BCUT2D eigenvalue weighted by atomic mass is 9.99. The van der Waals surface area contributed by atoms with E-state index in [9.17, 15) is 14.4 Å². The number of halogens is 2. The van der Waals surface area contributed by atoms with Crippen LogP contribution in [0.4, 0.5) is 16.2 Å². The van der Waals surface area contributed by atoms with Gasteiger partial charge >= 0.3 is 0 Å². The first-order valence-corrected chi connectivity index (χ1v) is 14.8. The second-order valence-electron chi connectivity index (χ2n) is 11.1. The quantitative estimate of drug-likeness (QED) is 0.282. The van der Waals surface area contributed by atoms with Crippen LogP contribution < -0.4 is 10.2 Å². The SMILES string of the molecule is C=C(F)C(=O)N1CCN(c2nc(NCC3CCCN3C)nc3cc(-c4cccc5cccc(Cl)c45)cnc23)C[C@@H]1CC#N. The number of benzene rings is 2. The van der Waals surface area contributed by atoms with Gasteiger partial charge in [-0.2, -0.15) is 10.2 Å². The summed E-state index contributed by atoms with van der Waals surface area (Å²) in [6.45, 7) is 5.84. The third-order valence-corrected chi connectivity index (χ3v) is 8.77. The Labute approximate surface area is 254 Å². The number of amides is 1. The number of nitrogens with one attached hydrogen (secondary N) is 1. The molecule has 2 aromatic heterocycles. The van der Waals surface area contributed by atoms with E-state index in [1.54, 1.807) is 6.20 Å². The molecule has 11 heteroatoms. The number of nitrogens with zero attached hydrogens (tertiary/aromatic N) is 7. The van der Waals surface area contributed by atoms with Gasteiger partial charge in [0.15, 0.2) is 11.6 Å². The number of hydrogen-bond acceptors (Lipinski definition) is 8. The Morgan fingerprint density at radius 3 is 2.74 bits per heavy atom. The van der Waals surface area contributed by atoms with Crippen molar-refractivity contribution in [2.75, 3.05) is 50.0 Å². The van der Waals surface area contributed by atoms with Gasteiger partial charge in [0.1, 0.15) is 5.52 Å². The molecule has 220 valence electrons. The summed E-state index contributed by atoms with van der Waals surface area (Å²) >= 11 is 6.64. The maximum absolute atomic E-state index is 13.8. The molecule has 1 unspecified atom stereocenters. The zero-order valence-electron chi connectivity index (χ0n) is 23.9. The first kappa shape index (κ1) is 28.8. The smallest absolute Gasteiger partial charge is 0.282 e. The lowest BCUT2D eigenvalue weighted by Gasteiger charge is -2.41. The Balaban J connectivity index is 1.41. The molecular formula is C32H32ClFN8O. The monoisotopic (exact) mass is 598 g/mol. The summed E-state index contributed by atoms with van der Waals surface area (Å²) in [6, 6.07) is 15.9. The molecule has 2 aliphatic heterocycles. The lowest BCUT2D eigenvalue weighted by Crippen LogP contribution is -2.55. The van der Waals surface area contributed by atoms with Crippen LogP contribution in [0, 0.1) is 11.3 Å². The van der Waals surface area contributed by atoms with Crippen LogP contribution >= 0.6 is 11.6 Å². The standard InChI is InChI=1S/C32H32ClFN8O/c1-20(34)31(43)42-15-14-41(19-24(42)11-12-35)30-29-27(38-32(39-30)37-18-23-8-5-13-40(23)2)16-22(17-36-29)25-9-3-6-21-7-4-10-26(33)28(21)25/h3-4,6-7,9-10,16-17,23-24H,1,5,8,11,13-15,18-19H2,2H3,(H,37,38,39)/t23?,24-/m0/s1. The molecule has 43 heavy (non-hydrogen) atoms. The van der Waals surface area contributed by atoms with Crippen molar-refractivity contribution < 1.29 is 9.18 Å². The molecular weight excluding hydrogens is 567 g/mol. The van der Waals surface area contributed by atoms with Crippen molar-refractivity contribution in [2.45, 2.75) is 31.3 Å². The Hall–Kier alpha value is -4.33. The highest BCUT2D eigenvalue weighted by Gasteiger charge is 2.33. The first-order chi connectivity index (χ1) is 20.8. The zero-order valence-corrected chi connectivity index (χ0v) is 24.7. The largest absolute Gasteiger partial charge is 0.353 e. The van der Waals surface area contributed by atoms with E-state index in [0.29, 0.717) is 53.5 Å². The van der Waals surface area contributed by atoms with Gasteiger partial charge in [-0.05, 0) is 49.5 Å². The summed E-state index contributed by atoms with van der Waals surface area (Å²) in [4.78, 5) is 32.8. The van der Waals surface area contributed by atoms with E-state index >= 15 is 0 Å². The number of likely N-dealkylation sites (tertiary alicyclic amines) is 1. The number of piperazine rings is 1. The summed E-state index contributed by atoms with van der Waals surface area (Å²) in [5.74, 6) is -0.740. The summed E-state index contributed by atoms with van der Waals surface area (Å²) < 4.78 is 13.8. The second-order valence-corrected chi connectivity index (χ2v) is 11.5. The molecule has 0 bridgehead atoms. The van der Waals surface area contributed by atoms with Crippen molar-refractivity contribution in [1.82, 2.24) is 24.8 Å². The van der Waals surface area contributed by atoms with Crippen molar-refractivity contribution in [2.24, 2.45) is 0 Å². The molecule has 4 aromatic rings. The maximum Gasteiger partial charge on any atom is 0.282 e. The molecule has 2 aromatic carbocycles. The van der Waals surface area contributed by atoms with Gasteiger partial charge in [-0.1, -0.05) is 48.5 Å². The van der Waals surface area contributed by atoms with Gasteiger partial charge in [-0.25, -0.2) is 9.37 Å². The molecule has 2 fully saturated rings. The van der Waals surface area contributed by atoms with E-state index in [1.807, 2.05) is 47.4 Å². The molecule has 0 radical (unpaired) electrons. The Morgan fingerprint density at radius 1 is 1.19 bits per heavy atom. The fourth-order valence-electron chi connectivity index (χ4n) is 6.18. The fourth-order valence-corrected chi connectivity index (χ4v) is 6.47. The number of aromatic nitrogens is 3. The summed E-state index contributed by atoms with van der Waals surface area (Å²) in [5.41, 5.74) is 3.08. The molecule has 0 aliphatic carbocycles. The molecule has 4 heterocycles. The molecule has 2 aliphatic rings. The topological polar surface area (TPSA) is 101 Å². The number of likely N-dealkylation sites (N-methyl/N-ethyl adjacent to an activating group) is 1. The molecule has 9 nitrogen and oxygen atoms in total. The second kappa shape index (κ2) is 12.1. The van der Waals surface area contributed by atoms with Crippen molar-refractivity contribution in [3.05, 3.63) is 66.1 Å². The third kappa shape index (κ3) is 5.70. The van der Waals surface area contributed by atoms with Crippen molar-refractivity contribution >= 4 is 51.1 Å². The third-order valence-electron chi connectivity index (χ3n) is 8.45. The summed E-state index contributed by atoms with van der Waals surface area (Å²) in [7, 11) is 2.12. The number of pyridine rings is 1. The highest BCUT2D eigenvalue weighted by Crippen LogP contribution is 2.36. The highest BCUT2D eigenvalue weighted by atomic mass is 35.5. The predicted octanol–water partition coefficient (Wildman–Crippen LogP) is 5.42. The van der Waals surface area contributed by atoms with Gasteiger partial charge in [0.25, 0.3) is 5.91 Å². The minimum atomic E-state index is -1.03. The first-order valence-electron chi connectivity index (χ1n) is 14.4. The van der Waals surface area contributed by atoms with Gasteiger partial charge in [0.2, 0.25) is 5.95 Å². The van der Waals surface area contributed by atoms with E-state index < -0.39 is 17.8 Å². The van der Waals surface area contributed by atoms with Gasteiger partial charge in [-0.3, -0.25) is 9.78 Å². The molecule has 6 rings (SSSR count). The number of hydrogen-bond donors (Lipinski definition) is 1. The van der Waals surface area contributed by atoms with Crippen molar-refractivity contribution in [3.63, 3.8) is 0 Å². The molecule has 2 saturated heterocycles. The summed E-state index contributed by atoms with van der Waals surface area (Å²) in [5, 5.41) is 15.6. The zero-order chi connectivity index (χ0) is 30.1. The van der Waals surface area contributed by atoms with Crippen LogP contribution in [0.15, 0.2) is 61.1 Å². The van der Waals surface area contributed by atoms with Crippen LogP contribution in [0.2, 0.25) is 5.02 Å². The van der Waals surface area contributed by atoms with E-state index in [-0.39, 0.29) is 13.0 Å². The van der Waals surface area contributed by atoms with E-state index in [4.69, 9.17) is 26.6 Å². The number of carbonyl (C=O) groups is 1. The molecule has 0 spiro atoms. The molecule has 2 atom stereocenters. The predicted molar refractivity (Wildman–Crippen MR) is 168 cm³/mol. The average Bonchev–Trinajstić information content (AvgIpc) is 3.43. The molecule has 0 saturated carbocycles. The number of carbonyl (C=O) groups excluding carboxylic acids is 1. The van der Waals surface area contributed by atoms with Crippen LogP contribution in [0.5, 0.6) is 0 Å². The van der Waals surface area contributed by atoms with Gasteiger partial charge in [0.05, 0.1) is 24.0 Å². The van der Waals surface area contributed by atoms with E-state index in [2.05, 4.69) is 29.9 Å². The number of fused-ring (bicyclic) bond motifs is 2. The minimum Gasteiger partial charge on any atom is -0.353 e. The van der Waals surface area contributed by atoms with Crippen LogP contribution in [0.3, 0.4) is 0 Å². The normalized spacial score (nSPS) is 19.1. The Bertz CT molecular complexity index is 1750. The van der Waals surface area contributed by atoms with Crippen LogP contribution in [0.25, 0.3) is 32.9 Å². The molecule has 1 amide bonds. The van der Waals surface area contributed by atoms with Gasteiger partial charge in [0, 0.05) is 54.4 Å². The number of anilines is 2. The maximum atomic E-state index is 13.8. The minimum absolute atomic E-state index is 0.0527. The Kier molecular flexibility index (Phi) is 8.10. The van der Waals surface area contributed by atoms with Crippen LogP contribution in [0.1, 0.15) is 19.3 Å². The number of nitriles is 1. The lowest BCUT2D eigenvalue weighted by molar-refractivity contribution is -0.131. The fraction of sp³-hybridized carbons (Fsp3) is 0.344. The van der Waals surface area contributed by atoms with E-state index in [1.165, 1.54) is 4.90 Å². The van der Waals surface area contributed by atoms with Crippen molar-refractivity contribution in [1.29, 1.82) is 5.26 Å². The van der Waals surface area contributed by atoms with E-state index in [0.717, 1.165) is 41.3 Å². The summed E-state index contributed by atoms with van der Waals surface area (Å²) in [6.07, 6.45) is 4.11. The highest BCUT2D eigenvalue weighted by molar-refractivity contribution is 6.36. The van der Waals surface area contributed by atoms with Crippen LogP contribution in [-0.4, -0.2) is 82.5 Å². The van der Waals surface area contributed by atoms with Crippen molar-refractivity contribution in [3.8, 4) is 17.2 Å². The average molecular weight is 599 g/mol. The van der Waals surface area contributed by atoms with Gasteiger partial charge in [-0.15, -0.1) is 0 Å². The Morgan fingerprint density at radius 2 is 2.00 bits per heavy atom. The molecule has 1 N–H and O–H groups in total.